The summed E-state index contributed by atoms with van der Waals surface area (Å²) in [6.45, 7) is 0. The molecule has 0 aliphatic rings. The van der Waals surface area contributed by atoms with E-state index in [1.807, 2.05) is 0 Å². The van der Waals surface area contributed by atoms with Crippen molar-refractivity contribution in [3.05, 3.63) is 58.0 Å². The zero-order chi connectivity index (χ0) is 16.6. The zero-order valence-corrected chi connectivity index (χ0v) is 12.8. The minimum atomic E-state index is -1.24. The molecule has 0 saturated carbocycles. The summed E-state index contributed by atoms with van der Waals surface area (Å²) < 4.78 is 1.57. The highest BCUT2D eigenvalue weighted by atomic mass is 35.5. The van der Waals surface area contributed by atoms with Gasteiger partial charge in [-0.3, -0.25) is 9.20 Å². The highest BCUT2D eigenvalue weighted by Gasteiger charge is 2.18. The van der Waals surface area contributed by atoms with Crippen LogP contribution in [-0.4, -0.2) is 31.6 Å². The standard InChI is InChI=1S/C14H8Cl2N4O3/c15-9-4-8(14(22)23)11(5-10(9)16)18-13(21)7-2-1-3-20-6-17-19-12(7)20/h1-6H,(H,18,21)(H,22,23). The molecule has 3 aromatic rings. The number of carboxylic acids is 1. The van der Waals surface area contributed by atoms with Crippen LogP contribution in [0.5, 0.6) is 0 Å². The third-order valence-electron chi connectivity index (χ3n) is 3.11. The summed E-state index contributed by atoms with van der Waals surface area (Å²) in [6.07, 6.45) is 3.14. The number of carbonyl (C=O) groups is 2. The number of hydrogen-bond acceptors (Lipinski definition) is 4. The van der Waals surface area contributed by atoms with Crippen LogP contribution in [0.3, 0.4) is 0 Å². The second kappa shape index (κ2) is 5.86. The molecule has 0 fully saturated rings. The van der Waals surface area contributed by atoms with Crippen LogP contribution in [0.15, 0.2) is 36.8 Å². The summed E-state index contributed by atoms with van der Waals surface area (Å²) >= 11 is 11.7. The minimum Gasteiger partial charge on any atom is -0.478 e. The van der Waals surface area contributed by atoms with Gasteiger partial charge < -0.3 is 10.4 Å². The molecule has 0 radical (unpaired) electrons. The number of halogens is 2. The molecular weight excluding hydrogens is 343 g/mol. The maximum absolute atomic E-state index is 12.4. The molecule has 9 heteroatoms. The van der Waals surface area contributed by atoms with Gasteiger partial charge in [0.15, 0.2) is 5.65 Å². The molecule has 0 saturated heterocycles. The molecule has 0 atom stereocenters. The summed E-state index contributed by atoms with van der Waals surface area (Å²) in [4.78, 5) is 23.7. The van der Waals surface area contributed by atoms with Gasteiger partial charge in [-0.05, 0) is 24.3 Å². The Kier molecular flexibility index (Phi) is 3.89. The molecule has 2 heterocycles. The third-order valence-corrected chi connectivity index (χ3v) is 3.83. The first-order valence-electron chi connectivity index (χ1n) is 6.29. The highest BCUT2D eigenvalue weighted by molar-refractivity contribution is 6.42. The van der Waals surface area contributed by atoms with E-state index in [0.717, 1.165) is 0 Å². The van der Waals surface area contributed by atoms with Crippen molar-refractivity contribution in [1.29, 1.82) is 0 Å². The lowest BCUT2D eigenvalue weighted by molar-refractivity contribution is 0.0698. The number of benzene rings is 1. The number of anilines is 1. The van der Waals surface area contributed by atoms with Gasteiger partial charge in [-0.25, -0.2) is 4.79 Å². The van der Waals surface area contributed by atoms with Gasteiger partial charge in [-0.1, -0.05) is 23.2 Å². The van der Waals surface area contributed by atoms with Crippen LogP contribution in [0.1, 0.15) is 20.7 Å². The molecular formula is C14H8Cl2N4O3. The molecule has 0 bridgehead atoms. The van der Waals surface area contributed by atoms with E-state index in [4.69, 9.17) is 23.2 Å². The summed E-state index contributed by atoms with van der Waals surface area (Å²) in [5.74, 6) is -1.77. The van der Waals surface area contributed by atoms with Crippen LogP contribution >= 0.6 is 23.2 Å². The van der Waals surface area contributed by atoms with Crippen LogP contribution in [0.2, 0.25) is 10.0 Å². The molecule has 7 nitrogen and oxygen atoms in total. The molecule has 23 heavy (non-hydrogen) atoms. The molecule has 3 rings (SSSR count). The molecule has 0 unspecified atom stereocenters. The van der Waals surface area contributed by atoms with Crippen LogP contribution in [0.25, 0.3) is 5.65 Å². The first kappa shape index (κ1) is 15.3. The predicted octanol–water partition coefficient (Wildman–Crippen LogP) is 2.99. The van der Waals surface area contributed by atoms with Crippen LogP contribution < -0.4 is 5.32 Å². The maximum atomic E-state index is 12.4. The smallest absolute Gasteiger partial charge is 0.337 e. The fourth-order valence-electron chi connectivity index (χ4n) is 2.05. The number of fused-ring (bicyclic) bond motifs is 1. The molecule has 116 valence electrons. The number of aromatic nitrogens is 3. The van der Waals surface area contributed by atoms with Gasteiger partial charge in [0.2, 0.25) is 0 Å². The average molecular weight is 351 g/mol. The van der Waals surface area contributed by atoms with Crippen LogP contribution in [0, 0.1) is 0 Å². The second-order valence-electron chi connectivity index (χ2n) is 4.55. The Hall–Kier alpha value is -2.64. The summed E-state index contributed by atoms with van der Waals surface area (Å²) in [5.41, 5.74) is 0.467. The average Bonchev–Trinajstić information content (AvgIpc) is 2.98. The van der Waals surface area contributed by atoms with E-state index in [-0.39, 0.29) is 26.9 Å². The first-order valence-corrected chi connectivity index (χ1v) is 7.05. The number of carbonyl (C=O) groups excluding carboxylic acids is 1. The van der Waals surface area contributed by atoms with Gasteiger partial charge in [-0.2, -0.15) is 0 Å². The number of hydrogen-bond donors (Lipinski definition) is 2. The molecule has 1 aromatic carbocycles. The number of nitrogens with zero attached hydrogens (tertiary/aromatic N) is 3. The summed E-state index contributed by atoms with van der Waals surface area (Å²) in [7, 11) is 0. The summed E-state index contributed by atoms with van der Waals surface area (Å²) in [6, 6.07) is 5.67. The lowest BCUT2D eigenvalue weighted by atomic mass is 10.1. The van der Waals surface area contributed by atoms with E-state index in [0.29, 0.717) is 5.65 Å². The maximum Gasteiger partial charge on any atom is 0.337 e. The number of amides is 1. The van der Waals surface area contributed by atoms with Gasteiger partial charge in [0.25, 0.3) is 5.91 Å². The number of rotatable bonds is 3. The van der Waals surface area contributed by atoms with Crippen molar-refractivity contribution in [3.8, 4) is 0 Å². The van der Waals surface area contributed by atoms with Gasteiger partial charge in [0, 0.05) is 6.20 Å². The Morgan fingerprint density at radius 3 is 2.65 bits per heavy atom. The van der Waals surface area contributed by atoms with E-state index in [9.17, 15) is 14.7 Å². The second-order valence-corrected chi connectivity index (χ2v) is 5.37. The SMILES string of the molecule is O=C(O)c1cc(Cl)c(Cl)cc1NC(=O)c1cccn2cnnc12. The van der Waals surface area contributed by atoms with Crippen LogP contribution in [-0.2, 0) is 0 Å². The molecule has 0 aliphatic carbocycles. The molecule has 2 aromatic heterocycles. The van der Waals surface area contributed by atoms with E-state index < -0.39 is 11.9 Å². The van der Waals surface area contributed by atoms with E-state index in [1.165, 1.54) is 18.5 Å². The van der Waals surface area contributed by atoms with Crippen molar-refractivity contribution in [2.75, 3.05) is 5.32 Å². The van der Waals surface area contributed by atoms with Gasteiger partial charge in [0.1, 0.15) is 6.33 Å². The van der Waals surface area contributed by atoms with Crippen molar-refractivity contribution in [1.82, 2.24) is 14.6 Å². The van der Waals surface area contributed by atoms with Gasteiger partial charge in [-0.15, -0.1) is 10.2 Å². The number of nitrogens with one attached hydrogen (secondary N) is 1. The third kappa shape index (κ3) is 2.84. The number of pyridine rings is 1. The molecule has 1 amide bonds. The lowest BCUT2D eigenvalue weighted by Gasteiger charge is -2.10. The highest BCUT2D eigenvalue weighted by Crippen LogP contribution is 2.29. The van der Waals surface area contributed by atoms with Crippen LogP contribution in [0.4, 0.5) is 5.69 Å². The Labute approximate surface area is 139 Å². The Morgan fingerprint density at radius 1 is 1.17 bits per heavy atom. The van der Waals surface area contributed by atoms with Crippen molar-refractivity contribution in [2.45, 2.75) is 0 Å². The Balaban J connectivity index is 2.02. The number of aromatic carboxylic acids is 1. The predicted molar refractivity (Wildman–Crippen MR) is 84.4 cm³/mol. The summed E-state index contributed by atoms with van der Waals surface area (Å²) in [5, 5.41) is 19.5. The van der Waals surface area contributed by atoms with E-state index in [2.05, 4.69) is 15.5 Å². The fourth-order valence-corrected chi connectivity index (χ4v) is 2.37. The molecule has 0 spiro atoms. The molecule has 0 aliphatic heterocycles. The minimum absolute atomic E-state index is 0.0402. The Bertz CT molecular complexity index is 939. The number of carboxylic acid groups (broad SMARTS) is 1. The molecule has 2 N–H and O–H groups in total. The van der Waals surface area contributed by atoms with Gasteiger partial charge in [0.05, 0.1) is 26.9 Å². The monoisotopic (exact) mass is 350 g/mol. The topological polar surface area (TPSA) is 96.6 Å². The van der Waals surface area contributed by atoms with Crippen molar-refractivity contribution >= 4 is 46.4 Å². The van der Waals surface area contributed by atoms with Crippen molar-refractivity contribution in [2.24, 2.45) is 0 Å². The lowest BCUT2D eigenvalue weighted by Crippen LogP contribution is -2.16. The Morgan fingerprint density at radius 2 is 1.91 bits per heavy atom. The van der Waals surface area contributed by atoms with Gasteiger partial charge >= 0.3 is 5.97 Å². The van der Waals surface area contributed by atoms with Crippen molar-refractivity contribution < 1.29 is 14.7 Å². The van der Waals surface area contributed by atoms with E-state index in [1.54, 1.807) is 22.7 Å². The quantitative estimate of drug-likeness (QED) is 0.756. The largest absolute Gasteiger partial charge is 0.478 e. The van der Waals surface area contributed by atoms with Crippen molar-refractivity contribution in [3.63, 3.8) is 0 Å². The normalized spacial score (nSPS) is 10.7. The zero-order valence-electron chi connectivity index (χ0n) is 11.3. The first-order chi connectivity index (χ1) is 11.0. The fraction of sp³-hybridized carbons (Fsp3) is 0. The van der Waals surface area contributed by atoms with E-state index >= 15 is 0 Å².